The summed E-state index contributed by atoms with van der Waals surface area (Å²) in [5, 5.41) is 3.83. The van der Waals surface area contributed by atoms with Gasteiger partial charge in [0.2, 0.25) is 0 Å². The first kappa shape index (κ1) is 35.8. The Hall–Kier alpha value is -4.60. The lowest BCUT2D eigenvalue weighted by Gasteiger charge is -2.30. The Balaban J connectivity index is 1.60. The SMILES string of the molecule is CC(C)(C)c1ccc2c(c1)oc1c(C(C)(C)C)cc3oc4cc(C(C)(C)C)c5oc6cc(C(C)(C)C)ccc6n6c7cc(C(C)(C)C)cc8c7p(c3c1n28)c4c56. The molecule has 0 unspecified atom stereocenters. The molecule has 0 amide bonds. The summed E-state index contributed by atoms with van der Waals surface area (Å²) in [6, 6.07) is 23.3. The van der Waals surface area contributed by atoms with Crippen molar-refractivity contribution in [2.75, 3.05) is 0 Å². The highest BCUT2D eigenvalue weighted by Gasteiger charge is 2.34. The van der Waals surface area contributed by atoms with Gasteiger partial charge >= 0.3 is 0 Å². The van der Waals surface area contributed by atoms with E-state index in [4.69, 9.17) is 13.3 Å². The van der Waals surface area contributed by atoms with Gasteiger partial charge in [-0.25, -0.2) is 0 Å². The maximum absolute atomic E-state index is 7.30. The van der Waals surface area contributed by atoms with Gasteiger partial charge in [-0.3, -0.25) is 0 Å². The molecule has 0 bridgehead atoms. The first-order chi connectivity index (χ1) is 25.9. The van der Waals surface area contributed by atoms with Gasteiger partial charge in [0, 0.05) is 16.2 Å². The van der Waals surface area contributed by atoms with E-state index in [2.05, 4.69) is 173 Å². The second-order valence-electron chi connectivity index (χ2n) is 21.7. The molecule has 0 aliphatic heterocycles. The van der Waals surface area contributed by atoms with Gasteiger partial charge in [-0.2, -0.15) is 0 Å². The van der Waals surface area contributed by atoms with Crippen molar-refractivity contribution in [2.45, 2.75) is 131 Å². The van der Waals surface area contributed by atoms with E-state index in [9.17, 15) is 0 Å². The normalized spacial score (nSPS) is 14.3. The third kappa shape index (κ3) is 4.79. The third-order valence-electron chi connectivity index (χ3n) is 12.3. The molecule has 0 atom stereocenters. The van der Waals surface area contributed by atoms with Gasteiger partial charge in [-0.15, -0.1) is 0 Å². The van der Waals surface area contributed by atoms with Gasteiger partial charge in [0.1, 0.15) is 22.2 Å². The first-order valence-corrected chi connectivity index (χ1v) is 21.6. The summed E-state index contributed by atoms with van der Waals surface area (Å²) >= 11 is 0. The monoisotopic (exact) mass is 762 g/mol. The zero-order chi connectivity index (χ0) is 40.0. The standard InChI is InChI=1S/C50H55N2O3P/c1-46(2,3)26-16-18-31-35(22-26)54-41-29(49(10,11)12)24-37-44-39(41)51(31)33-20-28(48(7,8)9)21-34-43(33)56(44)45-38(53-37)25-30(50(13,14)15)42-40(45)52(34)32-19-17-27(47(4,5)6)23-36(32)55-42/h16-25H,1-15H3. The van der Waals surface area contributed by atoms with Crippen molar-refractivity contribution in [3.63, 3.8) is 0 Å². The molecule has 288 valence electrons. The summed E-state index contributed by atoms with van der Waals surface area (Å²) in [5.74, 6) is 0. The van der Waals surface area contributed by atoms with Gasteiger partial charge in [0.05, 0.1) is 32.3 Å². The van der Waals surface area contributed by atoms with E-state index in [1.165, 1.54) is 43.1 Å². The van der Waals surface area contributed by atoms with Crippen LogP contribution in [0.25, 0.3) is 82.0 Å². The first-order valence-electron chi connectivity index (χ1n) is 20.3. The smallest absolute Gasteiger partial charge is 0.156 e. The zero-order valence-electron chi connectivity index (χ0n) is 35.8. The highest BCUT2D eigenvalue weighted by atomic mass is 31.1. The maximum Gasteiger partial charge on any atom is 0.156 e. The highest BCUT2D eigenvalue weighted by molar-refractivity contribution is 7.63. The fourth-order valence-electron chi connectivity index (χ4n) is 9.07. The zero-order valence-corrected chi connectivity index (χ0v) is 36.7. The second-order valence-corrected chi connectivity index (χ2v) is 23.7. The number of hydrogen-bond donors (Lipinski definition) is 0. The summed E-state index contributed by atoms with van der Waals surface area (Å²) in [6.07, 6.45) is 0. The van der Waals surface area contributed by atoms with Crippen molar-refractivity contribution in [3.8, 4) is 0 Å². The van der Waals surface area contributed by atoms with Crippen molar-refractivity contribution >= 4 is 89.3 Å². The molecule has 5 heterocycles. The minimum Gasteiger partial charge on any atom is -0.455 e. The second kappa shape index (κ2) is 10.7. The molecule has 10 rings (SSSR count). The van der Waals surface area contributed by atoms with Crippen molar-refractivity contribution < 1.29 is 13.3 Å². The lowest BCUT2D eigenvalue weighted by Crippen LogP contribution is -2.15. The molecule has 5 nitrogen and oxygen atoms in total. The van der Waals surface area contributed by atoms with E-state index in [0.717, 1.165) is 66.7 Å². The van der Waals surface area contributed by atoms with Crippen LogP contribution in [0.2, 0.25) is 0 Å². The molecule has 5 aromatic heterocycles. The minimum absolute atomic E-state index is 0.0307. The molecule has 0 fully saturated rings. The molecule has 0 aliphatic carbocycles. The summed E-state index contributed by atoms with van der Waals surface area (Å²) in [4.78, 5) is 0. The Bertz CT molecular complexity index is 3100. The van der Waals surface area contributed by atoms with Gasteiger partial charge in [-0.1, -0.05) is 123 Å². The Morgan fingerprint density at radius 1 is 0.375 bits per heavy atom. The van der Waals surface area contributed by atoms with E-state index in [1.54, 1.807) is 0 Å². The number of aromatic nitrogens is 2. The summed E-state index contributed by atoms with van der Waals surface area (Å²) in [7, 11) is -1.07. The van der Waals surface area contributed by atoms with Gasteiger partial charge < -0.3 is 22.1 Å². The Kier molecular flexibility index (Phi) is 6.81. The fourth-order valence-corrected chi connectivity index (χ4v) is 12.0. The number of nitrogens with zero attached hydrogens (tertiary/aromatic N) is 2. The van der Waals surface area contributed by atoms with Crippen molar-refractivity contribution in [3.05, 3.63) is 88.5 Å². The Labute approximate surface area is 329 Å². The average molecular weight is 763 g/mol. The predicted molar refractivity (Wildman–Crippen MR) is 239 cm³/mol. The molecule has 6 heteroatoms. The molecular formula is C50H55N2O3P. The molecule has 10 aromatic rings. The number of benzene rings is 5. The van der Waals surface area contributed by atoms with E-state index in [-0.39, 0.29) is 27.1 Å². The topological polar surface area (TPSA) is 48.2 Å². The summed E-state index contributed by atoms with van der Waals surface area (Å²) in [5.41, 5.74) is 17.9. The molecule has 0 spiro atoms. The maximum atomic E-state index is 7.30. The van der Waals surface area contributed by atoms with Crippen molar-refractivity contribution in [2.24, 2.45) is 0 Å². The molecule has 56 heavy (non-hydrogen) atoms. The van der Waals surface area contributed by atoms with E-state index < -0.39 is 7.34 Å². The summed E-state index contributed by atoms with van der Waals surface area (Å²) in [6.45, 7) is 34.4. The Morgan fingerprint density at radius 2 is 0.768 bits per heavy atom. The van der Waals surface area contributed by atoms with Crippen LogP contribution in [0, 0.1) is 0 Å². The minimum atomic E-state index is -1.07. The summed E-state index contributed by atoms with van der Waals surface area (Å²) < 4.78 is 26.9. The van der Waals surface area contributed by atoms with Crippen LogP contribution in [0.4, 0.5) is 0 Å². The van der Waals surface area contributed by atoms with Gasteiger partial charge in [0.15, 0.2) is 22.3 Å². The van der Waals surface area contributed by atoms with E-state index in [0.29, 0.717) is 0 Å². The number of fused-ring (bicyclic) bond motifs is 6. The number of hydrogen-bond acceptors (Lipinski definition) is 3. The van der Waals surface area contributed by atoms with Crippen LogP contribution in [-0.4, -0.2) is 8.80 Å². The number of rotatable bonds is 0. The van der Waals surface area contributed by atoms with Crippen LogP contribution in [0.15, 0.2) is 73.9 Å². The fraction of sp³-hybridized carbons (Fsp3) is 0.400. The highest BCUT2D eigenvalue weighted by Crippen LogP contribution is 2.59. The molecule has 0 aliphatic rings. The van der Waals surface area contributed by atoms with Crippen LogP contribution in [-0.2, 0) is 27.1 Å². The van der Waals surface area contributed by atoms with Crippen LogP contribution >= 0.6 is 7.34 Å². The van der Waals surface area contributed by atoms with Crippen LogP contribution in [0.5, 0.6) is 0 Å². The lowest BCUT2D eigenvalue weighted by molar-refractivity contribution is 0.561. The largest absolute Gasteiger partial charge is 0.455 e. The molecule has 0 saturated heterocycles. The van der Waals surface area contributed by atoms with Crippen LogP contribution in [0.1, 0.15) is 132 Å². The van der Waals surface area contributed by atoms with Gasteiger partial charge in [0.25, 0.3) is 0 Å². The van der Waals surface area contributed by atoms with E-state index >= 15 is 0 Å². The lowest BCUT2D eigenvalue weighted by atomic mass is 9.85. The van der Waals surface area contributed by atoms with Crippen LogP contribution in [0.3, 0.4) is 0 Å². The molecule has 0 saturated carbocycles. The molecule has 5 aromatic carbocycles. The quantitative estimate of drug-likeness (QED) is 0.114. The predicted octanol–water partition coefficient (Wildman–Crippen LogP) is 15.8. The van der Waals surface area contributed by atoms with Crippen molar-refractivity contribution in [1.82, 2.24) is 8.80 Å². The van der Waals surface area contributed by atoms with Gasteiger partial charge in [-0.05, 0) is 92.3 Å². The van der Waals surface area contributed by atoms with E-state index in [1.807, 2.05) is 0 Å². The average Bonchev–Trinajstić information content (AvgIpc) is 3.08. The Morgan fingerprint density at radius 3 is 1.12 bits per heavy atom. The van der Waals surface area contributed by atoms with Crippen molar-refractivity contribution in [1.29, 1.82) is 0 Å². The molecule has 0 radical (unpaired) electrons. The third-order valence-corrected chi connectivity index (χ3v) is 15.0. The molecular weight excluding hydrogens is 708 g/mol. The van der Waals surface area contributed by atoms with Crippen LogP contribution < -0.4 is 0 Å². The molecule has 0 N–H and O–H groups in total.